The molecule has 0 aliphatic heterocycles. The Bertz CT molecular complexity index is 539. The van der Waals surface area contributed by atoms with Crippen LogP contribution in [0.3, 0.4) is 0 Å². The summed E-state index contributed by atoms with van der Waals surface area (Å²) in [4.78, 5) is 25.8. The fourth-order valence-electron chi connectivity index (χ4n) is 1.64. The molecule has 2 rings (SSSR count). The van der Waals surface area contributed by atoms with Crippen LogP contribution in [0.15, 0.2) is 12.7 Å². The molecule has 0 bridgehead atoms. The molecule has 7 nitrogen and oxygen atoms in total. The van der Waals surface area contributed by atoms with Gasteiger partial charge in [0, 0.05) is 6.54 Å². The highest BCUT2D eigenvalue weighted by molar-refractivity contribution is 5.81. The van der Waals surface area contributed by atoms with E-state index in [1.165, 1.54) is 6.33 Å². The van der Waals surface area contributed by atoms with E-state index in [1.807, 2.05) is 0 Å². The first kappa shape index (κ1) is 12.3. The second-order valence-corrected chi connectivity index (χ2v) is 4.13. The summed E-state index contributed by atoms with van der Waals surface area (Å²) in [6.45, 7) is 2.38. The van der Waals surface area contributed by atoms with Crippen LogP contribution >= 0.6 is 0 Å². The number of H-pyrrole nitrogens is 1. The third-order valence-electron chi connectivity index (χ3n) is 2.75. The predicted octanol–water partition coefficient (Wildman–Crippen LogP) is 1.27. The Balaban J connectivity index is 1.87. The number of imidazole rings is 1. The highest BCUT2D eigenvalue weighted by Crippen LogP contribution is 2.14. The summed E-state index contributed by atoms with van der Waals surface area (Å²) in [5.74, 6) is -0.377. The lowest BCUT2D eigenvalue weighted by Crippen LogP contribution is -2.12. The molecule has 1 unspecified atom stereocenters. The third-order valence-corrected chi connectivity index (χ3v) is 2.75. The van der Waals surface area contributed by atoms with Crippen molar-refractivity contribution in [2.75, 3.05) is 11.9 Å². The van der Waals surface area contributed by atoms with Crippen molar-refractivity contribution >= 4 is 23.0 Å². The number of nitrogens with one attached hydrogen (secondary N) is 2. The number of fused-ring (bicyclic) bond motifs is 1. The number of aromatic nitrogens is 4. The normalized spacial score (nSPS) is 12.5. The molecule has 0 aliphatic carbocycles. The maximum Gasteiger partial charge on any atom is 0.306 e. The first-order valence-corrected chi connectivity index (χ1v) is 5.79. The summed E-state index contributed by atoms with van der Waals surface area (Å²) in [6, 6.07) is 0. The number of aromatic amines is 1. The molecular weight excluding hydrogens is 234 g/mol. The number of rotatable bonds is 6. The second-order valence-electron chi connectivity index (χ2n) is 4.13. The van der Waals surface area contributed by atoms with E-state index in [0.29, 0.717) is 24.4 Å². The molecular formula is C11H15N5O2. The molecule has 18 heavy (non-hydrogen) atoms. The lowest BCUT2D eigenvalue weighted by atomic mass is 10.1. The molecule has 1 atom stereocenters. The molecule has 0 saturated heterocycles. The number of carboxylic acids is 1. The lowest BCUT2D eigenvalue weighted by Gasteiger charge is -2.07. The standard InChI is InChI=1S/C11H15N5O2/c1-7(11(17)18)3-2-4-12-9-8-10(14-5-13-8)16-6-15-9/h5-7H,2-4H2,1H3,(H,17,18)(H2,12,13,14,15,16). The SMILES string of the molecule is CC(CCCNc1ncnc2nc[nH]c12)C(=O)O. The summed E-state index contributed by atoms with van der Waals surface area (Å²) in [7, 11) is 0. The number of carbonyl (C=O) groups is 1. The Hall–Kier alpha value is -2.18. The van der Waals surface area contributed by atoms with Gasteiger partial charge in [0.15, 0.2) is 11.5 Å². The van der Waals surface area contributed by atoms with Gasteiger partial charge in [-0.05, 0) is 12.8 Å². The Morgan fingerprint density at radius 1 is 1.50 bits per heavy atom. The molecule has 0 amide bonds. The number of carboxylic acid groups (broad SMARTS) is 1. The Kier molecular flexibility index (Phi) is 3.71. The number of hydrogen-bond acceptors (Lipinski definition) is 5. The fraction of sp³-hybridized carbons (Fsp3) is 0.455. The van der Waals surface area contributed by atoms with Crippen LogP contribution in [0.1, 0.15) is 19.8 Å². The van der Waals surface area contributed by atoms with Gasteiger partial charge in [0.05, 0.1) is 12.2 Å². The van der Waals surface area contributed by atoms with Gasteiger partial charge in [0.1, 0.15) is 11.8 Å². The van der Waals surface area contributed by atoms with E-state index in [2.05, 4.69) is 25.3 Å². The van der Waals surface area contributed by atoms with Crippen molar-refractivity contribution in [3.05, 3.63) is 12.7 Å². The smallest absolute Gasteiger partial charge is 0.306 e. The molecule has 0 aromatic carbocycles. The predicted molar refractivity (Wildman–Crippen MR) is 66.2 cm³/mol. The molecule has 2 heterocycles. The van der Waals surface area contributed by atoms with E-state index in [1.54, 1.807) is 13.3 Å². The Labute approximate surface area is 104 Å². The van der Waals surface area contributed by atoms with Gasteiger partial charge in [-0.2, -0.15) is 0 Å². The van der Waals surface area contributed by atoms with Gasteiger partial charge in [-0.1, -0.05) is 6.92 Å². The van der Waals surface area contributed by atoms with E-state index < -0.39 is 5.97 Å². The first-order valence-electron chi connectivity index (χ1n) is 5.79. The zero-order chi connectivity index (χ0) is 13.0. The van der Waals surface area contributed by atoms with Gasteiger partial charge in [-0.15, -0.1) is 0 Å². The molecule has 7 heteroatoms. The fourth-order valence-corrected chi connectivity index (χ4v) is 1.64. The highest BCUT2D eigenvalue weighted by Gasteiger charge is 2.10. The van der Waals surface area contributed by atoms with Crippen molar-refractivity contribution in [1.29, 1.82) is 0 Å². The van der Waals surface area contributed by atoms with Crippen LogP contribution in [0.2, 0.25) is 0 Å². The van der Waals surface area contributed by atoms with Crippen LogP contribution in [0, 0.1) is 5.92 Å². The monoisotopic (exact) mass is 249 g/mol. The van der Waals surface area contributed by atoms with E-state index in [4.69, 9.17) is 5.11 Å². The summed E-state index contributed by atoms with van der Waals surface area (Å²) in [5.41, 5.74) is 1.38. The summed E-state index contributed by atoms with van der Waals surface area (Å²) < 4.78 is 0. The summed E-state index contributed by atoms with van der Waals surface area (Å²) in [6.07, 6.45) is 4.43. The molecule has 0 spiro atoms. The largest absolute Gasteiger partial charge is 0.481 e. The minimum atomic E-state index is -0.756. The zero-order valence-electron chi connectivity index (χ0n) is 10.1. The summed E-state index contributed by atoms with van der Waals surface area (Å²) in [5, 5.41) is 11.9. The molecule has 96 valence electrons. The maximum atomic E-state index is 10.6. The van der Waals surface area contributed by atoms with Crippen LogP contribution < -0.4 is 5.32 Å². The van der Waals surface area contributed by atoms with Gasteiger partial charge in [0.2, 0.25) is 0 Å². The van der Waals surface area contributed by atoms with Crippen molar-refractivity contribution in [2.45, 2.75) is 19.8 Å². The number of aliphatic carboxylic acids is 1. The number of nitrogens with zero attached hydrogens (tertiary/aromatic N) is 3. The average Bonchev–Trinajstić information content (AvgIpc) is 2.83. The van der Waals surface area contributed by atoms with Crippen LogP contribution in [0.4, 0.5) is 5.82 Å². The minimum Gasteiger partial charge on any atom is -0.481 e. The summed E-state index contributed by atoms with van der Waals surface area (Å²) >= 11 is 0. The topological polar surface area (TPSA) is 104 Å². The zero-order valence-corrected chi connectivity index (χ0v) is 10.1. The van der Waals surface area contributed by atoms with Crippen molar-refractivity contribution < 1.29 is 9.90 Å². The first-order chi connectivity index (χ1) is 8.68. The van der Waals surface area contributed by atoms with Gasteiger partial charge in [-0.3, -0.25) is 4.79 Å². The molecule has 0 saturated carbocycles. The quantitative estimate of drug-likeness (QED) is 0.666. The van der Waals surface area contributed by atoms with Gasteiger partial charge < -0.3 is 15.4 Å². The van der Waals surface area contributed by atoms with Gasteiger partial charge in [0.25, 0.3) is 0 Å². The van der Waals surface area contributed by atoms with Crippen molar-refractivity contribution in [3.8, 4) is 0 Å². The number of anilines is 1. The van der Waals surface area contributed by atoms with E-state index in [0.717, 1.165) is 11.9 Å². The lowest BCUT2D eigenvalue weighted by molar-refractivity contribution is -0.141. The van der Waals surface area contributed by atoms with Crippen molar-refractivity contribution in [2.24, 2.45) is 5.92 Å². The van der Waals surface area contributed by atoms with Crippen LogP contribution in [0.5, 0.6) is 0 Å². The average molecular weight is 249 g/mol. The Morgan fingerprint density at radius 3 is 3.11 bits per heavy atom. The van der Waals surface area contributed by atoms with Gasteiger partial charge >= 0.3 is 5.97 Å². The Morgan fingerprint density at radius 2 is 2.33 bits per heavy atom. The molecule has 2 aromatic heterocycles. The second kappa shape index (κ2) is 5.44. The highest BCUT2D eigenvalue weighted by atomic mass is 16.4. The van der Waals surface area contributed by atoms with Crippen LogP contribution in [0.25, 0.3) is 11.2 Å². The molecule has 3 N–H and O–H groups in total. The van der Waals surface area contributed by atoms with E-state index in [9.17, 15) is 4.79 Å². The number of hydrogen-bond donors (Lipinski definition) is 3. The molecule has 0 aliphatic rings. The van der Waals surface area contributed by atoms with Crippen molar-refractivity contribution in [1.82, 2.24) is 19.9 Å². The van der Waals surface area contributed by atoms with E-state index in [-0.39, 0.29) is 5.92 Å². The minimum absolute atomic E-state index is 0.315. The van der Waals surface area contributed by atoms with Gasteiger partial charge in [-0.25, -0.2) is 15.0 Å². The maximum absolute atomic E-state index is 10.6. The van der Waals surface area contributed by atoms with Crippen molar-refractivity contribution in [3.63, 3.8) is 0 Å². The molecule has 0 radical (unpaired) electrons. The molecule has 0 fully saturated rings. The third kappa shape index (κ3) is 2.73. The van der Waals surface area contributed by atoms with E-state index >= 15 is 0 Å². The van der Waals surface area contributed by atoms with Crippen LogP contribution in [-0.4, -0.2) is 37.6 Å². The van der Waals surface area contributed by atoms with Crippen LogP contribution in [-0.2, 0) is 4.79 Å². The molecule has 2 aromatic rings.